The van der Waals surface area contributed by atoms with Crippen LogP contribution in [0.2, 0.25) is 0 Å². The normalized spacial score (nSPS) is 13.9. The predicted octanol–water partition coefficient (Wildman–Crippen LogP) is -0.674. The molecule has 0 fully saturated rings. The van der Waals surface area contributed by atoms with Gasteiger partial charge >= 0.3 is 0 Å². The molecule has 1 unspecified atom stereocenters. The SMILES string of the molecule is CC(C)CN=C(NN)NC(C)c1nn[nH]n1. The number of H-pyrrole nitrogens is 1. The second kappa shape index (κ2) is 6.01. The van der Waals surface area contributed by atoms with Gasteiger partial charge in [0.15, 0.2) is 5.82 Å². The third-order valence-corrected chi connectivity index (χ3v) is 1.85. The predicted molar refractivity (Wildman–Crippen MR) is 60.2 cm³/mol. The van der Waals surface area contributed by atoms with Gasteiger partial charge in [-0.25, -0.2) is 5.84 Å². The summed E-state index contributed by atoms with van der Waals surface area (Å²) in [6, 6.07) is -0.110. The Hall–Kier alpha value is -1.70. The van der Waals surface area contributed by atoms with Crippen LogP contribution in [0.3, 0.4) is 0 Å². The second-order valence-electron chi connectivity index (χ2n) is 3.86. The van der Waals surface area contributed by atoms with Gasteiger partial charge in [0, 0.05) is 6.54 Å². The first-order chi connectivity index (χ1) is 7.63. The van der Waals surface area contributed by atoms with Crippen molar-refractivity contribution in [3.05, 3.63) is 5.82 Å². The van der Waals surface area contributed by atoms with Crippen molar-refractivity contribution in [2.75, 3.05) is 6.54 Å². The van der Waals surface area contributed by atoms with Crippen LogP contribution < -0.4 is 16.6 Å². The summed E-state index contributed by atoms with van der Waals surface area (Å²) in [6.45, 7) is 6.76. The van der Waals surface area contributed by atoms with Crippen molar-refractivity contribution < 1.29 is 0 Å². The van der Waals surface area contributed by atoms with Crippen molar-refractivity contribution in [1.82, 2.24) is 31.4 Å². The summed E-state index contributed by atoms with van der Waals surface area (Å²) in [5, 5.41) is 16.7. The van der Waals surface area contributed by atoms with Crippen molar-refractivity contribution in [3.8, 4) is 0 Å². The summed E-state index contributed by atoms with van der Waals surface area (Å²) in [5.41, 5.74) is 2.50. The number of nitrogens with two attached hydrogens (primary N) is 1. The zero-order valence-corrected chi connectivity index (χ0v) is 9.73. The molecule has 0 saturated heterocycles. The van der Waals surface area contributed by atoms with Crippen LogP contribution in [-0.2, 0) is 0 Å². The lowest BCUT2D eigenvalue weighted by molar-refractivity contribution is 0.625. The van der Waals surface area contributed by atoms with E-state index < -0.39 is 0 Å². The maximum absolute atomic E-state index is 5.35. The van der Waals surface area contributed by atoms with E-state index in [1.165, 1.54) is 0 Å². The fraction of sp³-hybridized carbons (Fsp3) is 0.750. The van der Waals surface area contributed by atoms with E-state index in [4.69, 9.17) is 5.84 Å². The lowest BCUT2D eigenvalue weighted by Gasteiger charge is -2.13. The highest BCUT2D eigenvalue weighted by Crippen LogP contribution is 2.02. The van der Waals surface area contributed by atoms with Gasteiger partial charge in [0.2, 0.25) is 5.96 Å². The Labute approximate surface area is 94.1 Å². The molecule has 0 bridgehead atoms. The molecule has 0 aliphatic rings. The highest BCUT2D eigenvalue weighted by atomic mass is 15.5. The average Bonchev–Trinajstić information content (AvgIpc) is 2.76. The fourth-order valence-corrected chi connectivity index (χ4v) is 1.03. The molecule has 8 heteroatoms. The Morgan fingerprint density at radius 3 is 2.75 bits per heavy atom. The molecule has 1 atom stereocenters. The molecule has 90 valence electrons. The highest BCUT2D eigenvalue weighted by Gasteiger charge is 2.11. The van der Waals surface area contributed by atoms with Crippen molar-refractivity contribution in [1.29, 1.82) is 0 Å². The summed E-state index contributed by atoms with van der Waals surface area (Å²) in [6.07, 6.45) is 0. The minimum Gasteiger partial charge on any atom is -0.345 e. The number of aromatic amines is 1. The minimum atomic E-state index is -0.110. The zero-order chi connectivity index (χ0) is 12.0. The Bertz CT molecular complexity index is 317. The van der Waals surface area contributed by atoms with E-state index in [0.29, 0.717) is 24.2 Å². The van der Waals surface area contributed by atoms with Gasteiger partial charge in [-0.1, -0.05) is 19.1 Å². The smallest absolute Gasteiger partial charge is 0.206 e. The number of nitrogens with one attached hydrogen (secondary N) is 3. The molecule has 16 heavy (non-hydrogen) atoms. The molecule has 1 heterocycles. The molecule has 0 spiro atoms. The first kappa shape index (κ1) is 12.4. The number of hydrogen-bond donors (Lipinski definition) is 4. The third kappa shape index (κ3) is 3.81. The van der Waals surface area contributed by atoms with Crippen molar-refractivity contribution in [2.24, 2.45) is 16.8 Å². The summed E-state index contributed by atoms with van der Waals surface area (Å²) in [5.74, 6) is 6.91. The van der Waals surface area contributed by atoms with Gasteiger partial charge in [-0.3, -0.25) is 10.4 Å². The van der Waals surface area contributed by atoms with Gasteiger partial charge < -0.3 is 5.32 Å². The number of rotatable bonds is 4. The van der Waals surface area contributed by atoms with Crippen LogP contribution in [0.1, 0.15) is 32.6 Å². The second-order valence-corrected chi connectivity index (χ2v) is 3.86. The first-order valence-electron chi connectivity index (χ1n) is 5.14. The molecule has 0 saturated carbocycles. The fourth-order valence-electron chi connectivity index (χ4n) is 1.03. The molecule has 8 nitrogen and oxygen atoms in total. The van der Waals surface area contributed by atoms with Crippen molar-refractivity contribution in [3.63, 3.8) is 0 Å². The summed E-state index contributed by atoms with van der Waals surface area (Å²) < 4.78 is 0. The van der Waals surface area contributed by atoms with Crippen LogP contribution in [0.5, 0.6) is 0 Å². The van der Waals surface area contributed by atoms with E-state index in [1.54, 1.807) is 0 Å². The van der Waals surface area contributed by atoms with Crippen LogP contribution >= 0.6 is 0 Å². The van der Waals surface area contributed by atoms with Gasteiger partial charge in [-0.15, -0.1) is 10.2 Å². The van der Waals surface area contributed by atoms with Crippen LogP contribution in [0.15, 0.2) is 4.99 Å². The summed E-state index contributed by atoms with van der Waals surface area (Å²) in [7, 11) is 0. The maximum Gasteiger partial charge on any atom is 0.206 e. The third-order valence-electron chi connectivity index (χ3n) is 1.85. The van der Waals surface area contributed by atoms with E-state index >= 15 is 0 Å². The van der Waals surface area contributed by atoms with Crippen LogP contribution in [0.25, 0.3) is 0 Å². The number of hydrazine groups is 1. The van der Waals surface area contributed by atoms with Gasteiger partial charge in [0.1, 0.15) is 0 Å². The monoisotopic (exact) mass is 226 g/mol. The number of nitrogens with zero attached hydrogens (tertiary/aromatic N) is 4. The highest BCUT2D eigenvalue weighted by molar-refractivity contribution is 5.79. The maximum atomic E-state index is 5.35. The number of tetrazole rings is 1. The molecule has 0 aromatic carbocycles. The van der Waals surface area contributed by atoms with E-state index in [9.17, 15) is 0 Å². The first-order valence-corrected chi connectivity index (χ1v) is 5.14. The average molecular weight is 226 g/mol. The molecule has 5 N–H and O–H groups in total. The quantitative estimate of drug-likeness (QED) is 0.234. The standard InChI is InChI=1S/C8H18N8/c1-5(2)4-10-8(12-9)11-6(3)7-13-15-16-14-7/h5-6H,4,9H2,1-3H3,(H2,10,11,12)(H,13,14,15,16). The van der Waals surface area contributed by atoms with Crippen LogP contribution in [0, 0.1) is 5.92 Å². The number of hydrogen-bond acceptors (Lipinski definition) is 5. The molecule has 0 amide bonds. The molecule has 0 aliphatic heterocycles. The summed E-state index contributed by atoms with van der Waals surface area (Å²) in [4.78, 5) is 4.27. The lowest BCUT2D eigenvalue weighted by Crippen LogP contribution is -2.43. The molecule has 1 rings (SSSR count). The summed E-state index contributed by atoms with van der Waals surface area (Å²) >= 11 is 0. The van der Waals surface area contributed by atoms with Gasteiger partial charge in [0.25, 0.3) is 0 Å². The van der Waals surface area contributed by atoms with Crippen LogP contribution in [0.4, 0.5) is 0 Å². The molecule has 1 aromatic rings. The number of aromatic nitrogens is 4. The van der Waals surface area contributed by atoms with Gasteiger partial charge in [0.05, 0.1) is 6.04 Å². The van der Waals surface area contributed by atoms with Crippen LogP contribution in [-0.4, -0.2) is 33.1 Å². The van der Waals surface area contributed by atoms with E-state index in [2.05, 4.69) is 50.2 Å². The Balaban J connectivity index is 2.53. The zero-order valence-electron chi connectivity index (χ0n) is 9.73. The Morgan fingerprint density at radius 1 is 1.50 bits per heavy atom. The largest absolute Gasteiger partial charge is 0.345 e. The van der Waals surface area contributed by atoms with Gasteiger partial charge in [-0.05, 0) is 12.8 Å². The van der Waals surface area contributed by atoms with E-state index in [-0.39, 0.29) is 6.04 Å². The Morgan fingerprint density at radius 2 is 2.25 bits per heavy atom. The van der Waals surface area contributed by atoms with Crippen molar-refractivity contribution >= 4 is 5.96 Å². The topological polar surface area (TPSA) is 117 Å². The number of aliphatic imine (C=N–C) groups is 1. The van der Waals surface area contributed by atoms with Crippen molar-refractivity contribution in [2.45, 2.75) is 26.8 Å². The Kier molecular flexibility index (Phi) is 4.65. The molecular formula is C8H18N8. The molecule has 1 aromatic heterocycles. The van der Waals surface area contributed by atoms with E-state index in [1.807, 2.05) is 6.92 Å². The molecular weight excluding hydrogens is 208 g/mol. The van der Waals surface area contributed by atoms with Gasteiger partial charge in [-0.2, -0.15) is 5.21 Å². The van der Waals surface area contributed by atoms with E-state index in [0.717, 1.165) is 0 Å². The molecule has 0 radical (unpaired) electrons. The lowest BCUT2D eigenvalue weighted by atomic mass is 10.2. The minimum absolute atomic E-state index is 0.110. The number of guanidine groups is 1. The molecule has 0 aliphatic carbocycles.